The molecule has 35 heavy (non-hydrogen) atoms. The minimum atomic E-state index is -0.00512. The van der Waals surface area contributed by atoms with Crippen LogP contribution in [0.15, 0.2) is 49.1 Å². The largest absolute Gasteiger partial charge is 0.496 e. The summed E-state index contributed by atoms with van der Waals surface area (Å²) >= 11 is 0. The molecule has 7 nitrogen and oxygen atoms in total. The van der Waals surface area contributed by atoms with Gasteiger partial charge < -0.3 is 14.0 Å². The summed E-state index contributed by atoms with van der Waals surface area (Å²) < 4.78 is 15.6. The molecule has 0 fully saturated rings. The third-order valence-electron chi connectivity index (χ3n) is 6.78. The number of ether oxygens (including phenoxy) is 2. The van der Waals surface area contributed by atoms with Gasteiger partial charge in [0.2, 0.25) is 6.33 Å². The normalized spacial score (nSPS) is 15.7. The molecule has 1 aliphatic heterocycles. The van der Waals surface area contributed by atoms with E-state index in [-0.39, 0.29) is 11.3 Å². The fourth-order valence-electron chi connectivity index (χ4n) is 4.97. The van der Waals surface area contributed by atoms with E-state index in [2.05, 4.69) is 54.7 Å². The molecule has 1 N–H and O–H groups in total. The summed E-state index contributed by atoms with van der Waals surface area (Å²) in [6.07, 6.45) is 8.23. The molecule has 1 aliphatic rings. The van der Waals surface area contributed by atoms with Gasteiger partial charge in [0.1, 0.15) is 29.2 Å². The van der Waals surface area contributed by atoms with Crippen LogP contribution in [0.4, 0.5) is 0 Å². The lowest BCUT2D eigenvalue weighted by Crippen LogP contribution is -2.28. The van der Waals surface area contributed by atoms with E-state index < -0.39 is 0 Å². The molecule has 0 unspecified atom stereocenters. The van der Waals surface area contributed by atoms with Crippen molar-refractivity contribution in [3.63, 3.8) is 0 Å². The van der Waals surface area contributed by atoms with Crippen LogP contribution in [0.3, 0.4) is 0 Å². The predicted octanol–water partition coefficient (Wildman–Crippen LogP) is 5.10. The monoisotopic (exact) mass is 472 g/mol. The zero-order valence-electron chi connectivity index (χ0n) is 21.4. The van der Waals surface area contributed by atoms with E-state index in [0.717, 1.165) is 53.7 Å². The van der Waals surface area contributed by atoms with Crippen LogP contribution in [0.2, 0.25) is 0 Å². The first-order valence-corrected chi connectivity index (χ1v) is 12.2. The maximum Gasteiger partial charge on any atom is 0.262 e. The van der Waals surface area contributed by atoms with E-state index in [9.17, 15) is 0 Å². The molecular formula is C28H34N5O2+. The molecule has 3 aromatic heterocycles. The number of imidazole rings is 2. The molecule has 0 spiro atoms. The first-order chi connectivity index (χ1) is 16.8. The Morgan fingerprint density at radius 2 is 1.89 bits per heavy atom. The van der Waals surface area contributed by atoms with Crippen molar-refractivity contribution in [1.82, 2.24) is 19.5 Å². The van der Waals surface area contributed by atoms with Crippen LogP contribution >= 0.6 is 0 Å². The minimum Gasteiger partial charge on any atom is -0.496 e. The molecule has 0 saturated carbocycles. The molecule has 182 valence electrons. The maximum absolute atomic E-state index is 5.67. The van der Waals surface area contributed by atoms with Crippen molar-refractivity contribution in [2.24, 2.45) is 0 Å². The zero-order valence-corrected chi connectivity index (χ0v) is 21.4. The van der Waals surface area contributed by atoms with Crippen molar-refractivity contribution in [1.29, 1.82) is 0 Å². The van der Waals surface area contributed by atoms with Crippen LogP contribution in [-0.4, -0.2) is 33.7 Å². The molecule has 0 aliphatic carbocycles. The Balaban J connectivity index is 1.52. The van der Waals surface area contributed by atoms with Crippen molar-refractivity contribution in [3.8, 4) is 28.7 Å². The average Bonchev–Trinajstić information content (AvgIpc) is 3.49. The van der Waals surface area contributed by atoms with Crippen molar-refractivity contribution in [3.05, 3.63) is 71.7 Å². The number of hydrogen-bond donors (Lipinski definition) is 1. The highest BCUT2D eigenvalue weighted by Crippen LogP contribution is 2.39. The first kappa shape index (κ1) is 23.1. The SMILES string of the molecule is COc1ccc([C@@H]2CCCn3cc(-c4ccc(-[n+]5c[nH]c(C)c5)c(OC)n4)nc32)cc1C(C)(C)C. The number of pyridine rings is 1. The zero-order chi connectivity index (χ0) is 24.7. The molecule has 0 amide bonds. The van der Waals surface area contributed by atoms with Gasteiger partial charge in [0.15, 0.2) is 5.69 Å². The Hall–Kier alpha value is -3.61. The average molecular weight is 473 g/mol. The second-order valence-corrected chi connectivity index (χ2v) is 10.3. The lowest BCUT2D eigenvalue weighted by Gasteiger charge is -2.27. The number of benzene rings is 1. The van der Waals surface area contributed by atoms with E-state index in [1.165, 1.54) is 11.1 Å². The van der Waals surface area contributed by atoms with E-state index in [1.807, 2.05) is 36.1 Å². The topological polar surface area (TPSA) is 68.8 Å². The minimum absolute atomic E-state index is 0.00512. The van der Waals surface area contributed by atoms with Gasteiger partial charge in [0, 0.05) is 25.6 Å². The highest BCUT2D eigenvalue weighted by Gasteiger charge is 2.28. The number of aryl methyl sites for hydroxylation is 2. The van der Waals surface area contributed by atoms with Crippen LogP contribution in [0, 0.1) is 6.92 Å². The highest BCUT2D eigenvalue weighted by molar-refractivity contribution is 5.57. The number of hydrogen-bond acceptors (Lipinski definition) is 4. The molecule has 0 radical (unpaired) electrons. The molecule has 5 rings (SSSR count). The number of nitrogens with zero attached hydrogens (tertiary/aromatic N) is 4. The molecule has 4 heterocycles. The molecule has 7 heteroatoms. The molecule has 1 atom stereocenters. The quantitative estimate of drug-likeness (QED) is 0.411. The second-order valence-electron chi connectivity index (χ2n) is 10.3. The Bertz CT molecular complexity index is 1360. The van der Waals surface area contributed by atoms with E-state index in [4.69, 9.17) is 19.4 Å². The van der Waals surface area contributed by atoms with Gasteiger partial charge in [-0.3, -0.25) is 0 Å². The molecule has 0 bridgehead atoms. The number of fused-ring (bicyclic) bond motifs is 1. The molecule has 1 aromatic carbocycles. The summed E-state index contributed by atoms with van der Waals surface area (Å²) in [4.78, 5) is 13.1. The van der Waals surface area contributed by atoms with Gasteiger partial charge in [-0.05, 0) is 47.6 Å². The number of nitrogens with one attached hydrogen (secondary N) is 1. The van der Waals surface area contributed by atoms with Crippen molar-refractivity contribution < 1.29 is 14.0 Å². The predicted molar refractivity (Wildman–Crippen MR) is 135 cm³/mol. The molecular weight excluding hydrogens is 438 g/mol. The summed E-state index contributed by atoms with van der Waals surface area (Å²) in [5.74, 6) is 2.84. The molecule has 0 saturated heterocycles. The van der Waals surface area contributed by atoms with Gasteiger partial charge in [-0.2, -0.15) is 4.57 Å². The third-order valence-corrected chi connectivity index (χ3v) is 6.78. The number of aromatic amines is 1. The number of rotatable bonds is 5. The smallest absolute Gasteiger partial charge is 0.262 e. The van der Waals surface area contributed by atoms with E-state index >= 15 is 0 Å². The summed E-state index contributed by atoms with van der Waals surface area (Å²) in [7, 11) is 3.40. The van der Waals surface area contributed by atoms with Crippen molar-refractivity contribution in [2.45, 2.75) is 58.4 Å². The lowest BCUT2D eigenvalue weighted by atomic mass is 9.82. The third kappa shape index (κ3) is 4.31. The summed E-state index contributed by atoms with van der Waals surface area (Å²) in [5.41, 5.74) is 6.14. The van der Waals surface area contributed by atoms with Crippen LogP contribution in [0.5, 0.6) is 11.6 Å². The van der Waals surface area contributed by atoms with Crippen molar-refractivity contribution >= 4 is 0 Å². The standard InChI is InChI=1S/C28H33N5O2/c1-18-15-33(17-29-18)24-11-10-22(31-27(24)35-6)23-16-32-13-7-8-20(26(32)30-23)19-9-12-25(34-5)21(14-19)28(2,3)4/h9-12,14-17,20H,7-8,13H2,1-6H3/p+1/t20-/m0/s1. The van der Waals surface area contributed by atoms with Crippen LogP contribution in [-0.2, 0) is 12.0 Å². The van der Waals surface area contributed by atoms with Gasteiger partial charge in [-0.1, -0.05) is 32.9 Å². The summed E-state index contributed by atoms with van der Waals surface area (Å²) in [6, 6.07) is 10.6. The summed E-state index contributed by atoms with van der Waals surface area (Å²) in [5, 5.41) is 0. The van der Waals surface area contributed by atoms with Gasteiger partial charge >= 0.3 is 0 Å². The van der Waals surface area contributed by atoms with Gasteiger partial charge in [0.25, 0.3) is 5.88 Å². The first-order valence-electron chi connectivity index (χ1n) is 12.2. The maximum atomic E-state index is 5.67. The van der Waals surface area contributed by atoms with Gasteiger partial charge in [-0.15, -0.1) is 0 Å². The van der Waals surface area contributed by atoms with Gasteiger partial charge in [-0.25, -0.2) is 15.0 Å². The number of H-pyrrole nitrogens is 1. The summed E-state index contributed by atoms with van der Waals surface area (Å²) in [6.45, 7) is 9.66. The lowest BCUT2D eigenvalue weighted by molar-refractivity contribution is -0.595. The van der Waals surface area contributed by atoms with Gasteiger partial charge in [0.05, 0.1) is 19.9 Å². The second kappa shape index (κ2) is 8.87. The number of aromatic nitrogens is 5. The Kier molecular flexibility index (Phi) is 5.87. The fraction of sp³-hybridized carbons (Fsp3) is 0.393. The van der Waals surface area contributed by atoms with E-state index in [0.29, 0.717) is 5.88 Å². The number of methoxy groups -OCH3 is 2. The Morgan fingerprint density at radius 3 is 2.57 bits per heavy atom. The fourth-order valence-corrected chi connectivity index (χ4v) is 4.97. The van der Waals surface area contributed by atoms with E-state index in [1.54, 1.807) is 14.2 Å². The Morgan fingerprint density at radius 1 is 1.06 bits per heavy atom. The van der Waals surface area contributed by atoms with Crippen LogP contribution < -0.4 is 14.0 Å². The van der Waals surface area contributed by atoms with Crippen molar-refractivity contribution in [2.75, 3.05) is 14.2 Å². The molecule has 4 aromatic rings. The van der Waals surface area contributed by atoms with Crippen LogP contribution in [0.25, 0.3) is 17.1 Å². The Labute approximate surface area is 206 Å². The van der Waals surface area contributed by atoms with Crippen LogP contribution in [0.1, 0.15) is 62.2 Å². The highest BCUT2D eigenvalue weighted by atomic mass is 16.5.